The van der Waals surface area contributed by atoms with Crippen LogP contribution >= 0.6 is 24.8 Å². The number of nitrogens with two attached hydrogens (primary N) is 1. The lowest BCUT2D eigenvalue weighted by atomic mass is 10.1. The maximum absolute atomic E-state index is 11.8. The Labute approximate surface area is 142 Å². The second-order valence-electron chi connectivity index (χ2n) is 5.58. The lowest BCUT2D eigenvalue weighted by Gasteiger charge is -2.26. The molecule has 1 heterocycles. The Bertz CT molecular complexity index is 237. The number of carbonyl (C=O) groups is 1. The van der Waals surface area contributed by atoms with Gasteiger partial charge in [0.1, 0.15) is 5.78 Å². The van der Waals surface area contributed by atoms with E-state index in [1.54, 1.807) is 0 Å². The van der Waals surface area contributed by atoms with Crippen molar-refractivity contribution in [1.82, 2.24) is 10.2 Å². The number of unbranched alkanes of at least 4 members (excludes halogenated alkanes) is 6. The monoisotopic (exact) mass is 341 g/mol. The van der Waals surface area contributed by atoms with E-state index in [0.717, 1.165) is 52.0 Å². The molecule has 0 aromatic carbocycles. The normalized spacial score (nSPS) is 15.1. The fourth-order valence-electron chi connectivity index (χ4n) is 2.55. The van der Waals surface area contributed by atoms with Gasteiger partial charge in [-0.2, -0.15) is 0 Å². The molecule has 0 aliphatic carbocycles. The molecule has 1 aliphatic rings. The minimum atomic E-state index is 0. The van der Waals surface area contributed by atoms with Crippen molar-refractivity contribution >= 4 is 30.6 Å². The molecule has 4 nitrogen and oxygen atoms in total. The summed E-state index contributed by atoms with van der Waals surface area (Å²) in [5, 5.41) is 3.31. The number of hydrogen-bond acceptors (Lipinski definition) is 4. The van der Waals surface area contributed by atoms with Gasteiger partial charge in [0.15, 0.2) is 0 Å². The Morgan fingerprint density at radius 2 is 1.43 bits per heavy atom. The van der Waals surface area contributed by atoms with Gasteiger partial charge >= 0.3 is 0 Å². The van der Waals surface area contributed by atoms with E-state index in [-0.39, 0.29) is 24.8 Å². The lowest BCUT2D eigenvalue weighted by molar-refractivity contribution is -0.120. The number of nitrogens with one attached hydrogen (secondary N) is 1. The summed E-state index contributed by atoms with van der Waals surface area (Å²) in [4.78, 5) is 14.1. The van der Waals surface area contributed by atoms with Crippen molar-refractivity contribution in [2.45, 2.75) is 51.4 Å². The number of hydrogen-bond donors (Lipinski definition) is 2. The number of carbonyl (C=O) groups excluding carboxylic acids is 1. The molecule has 0 atom stereocenters. The first-order chi connectivity index (χ1) is 9.33. The highest BCUT2D eigenvalue weighted by molar-refractivity contribution is 5.85. The van der Waals surface area contributed by atoms with Crippen LogP contribution in [0.4, 0.5) is 0 Å². The van der Waals surface area contributed by atoms with Gasteiger partial charge in [0.25, 0.3) is 0 Å². The van der Waals surface area contributed by atoms with Gasteiger partial charge < -0.3 is 11.1 Å². The Hall–Kier alpha value is 0.130. The van der Waals surface area contributed by atoms with E-state index in [0.29, 0.717) is 12.3 Å². The SMILES string of the molecule is Cl.Cl.NCCCCCCCCCC(=O)CN1CCNCC1. The van der Waals surface area contributed by atoms with Crippen LogP contribution in [0.3, 0.4) is 0 Å². The topological polar surface area (TPSA) is 58.4 Å². The third-order valence-corrected chi connectivity index (χ3v) is 3.77. The van der Waals surface area contributed by atoms with Crippen LogP contribution in [0.15, 0.2) is 0 Å². The molecule has 0 spiro atoms. The van der Waals surface area contributed by atoms with E-state index in [1.807, 2.05) is 0 Å². The van der Waals surface area contributed by atoms with Crippen LogP contribution in [0.2, 0.25) is 0 Å². The van der Waals surface area contributed by atoms with Gasteiger partial charge in [-0.1, -0.05) is 32.1 Å². The number of piperazine rings is 1. The van der Waals surface area contributed by atoms with Gasteiger partial charge in [-0.25, -0.2) is 0 Å². The van der Waals surface area contributed by atoms with Crippen LogP contribution in [0.25, 0.3) is 0 Å². The zero-order chi connectivity index (χ0) is 13.8. The highest BCUT2D eigenvalue weighted by Gasteiger charge is 2.12. The highest BCUT2D eigenvalue weighted by Crippen LogP contribution is 2.08. The van der Waals surface area contributed by atoms with E-state index < -0.39 is 0 Å². The third-order valence-electron chi connectivity index (χ3n) is 3.77. The summed E-state index contributed by atoms with van der Waals surface area (Å²) in [5.41, 5.74) is 5.46. The molecule has 0 bridgehead atoms. The molecular formula is C15H33Cl2N3O. The van der Waals surface area contributed by atoms with Crippen LogP contribution in [-0.2, 0) is 4.79 Å². The Morgan fingerprint density at radius 3 is 2.00 bits per heavy atom. The molecule has 21 heavy (non-hydrogen) atoms. The van der Waals surface area contributed by atoms with Crippen LogP contribution in [-0.4, -0.2) is 50.0 Å². The summed E-state index contributed by atoms with van der Waals surface area (Å²) >= 11 is 0. The average Bonchev–Trinajstić information content (AvgIpc) is 2.43. The van der Waals surface area contributed by atoms with Gasteiger partial charge in [-0.3, -0.25) is 9.69 Å². The van der Waals surface area contributed by atoms with Crippen molar-refractivity contribution in [2.24, 2.45) is 5.73 Å². The number of halogens is 2. The summed E-state index contributed by atoms with van der Waals surface area (Å²) in [6.07, 6.45) is 9.33. The third kappa shape index (κ3) is 13.5. The first kappa shape index (κ1) is 23.4. The highest BCUT2D eigenvalue weighted by atomic mass is 35.5. The van der Waals surface area contributed by atoms with Gasteiger partial charge in [0, 0.05) is 32.6 Å². The molecular weight excluding hydrogens is 309 g/mol. The van der Waals surface area contributed by atoms with Gasteiger partial charge in [-0.05, 0) is 19.4 Å². The maximum Gasteiger partial charge on any atom is 0.146 e. The zero-order valence-electron chi connectivity index (χ0n) is 13.1. The molecule has 0 unspecified atom stereocenters. The molecule has 0 amide bonds. The number of rotatable bonds is 11. The van der Waals surface area contributed by atoms with Crippen molar-refractivity contribution in [3.8, 4) is 0 Å². The molecule has 6 heteroatoms. The van der Waals surface area contributed by atoms with Crippen LogP contribution in [0.5, 0.6) is 0 Å². The number of Topliss-reactive ketones (excluding diaryl/α,β-unsaturated/α-hetero) is 1. The second kappa shape index (κ2) is 16.5. The fraction of sp³-hybridized carbons (Fsp3) is 0.933. The molecule has 1 rings (SSSR count). The quantitative estimate of drug-likeness (QED) is 0.566. The van der Waals surface area contributed by atoms with Crippen molar-refractivity contribution in [2.75, 3.05) is 39.3 Å². The maximum atomic E-state index is 11.8. The minimum Gasteiger partial charge on any atom is -0.330 e. The molecule has 1 saturated heterocycles. The Morgan fingerprint density at radius 1 is 0.905 bits per heavy atom. The van der Waals surface area contributed by atoms with Gasteiger partial charge in [0.2, 0.25) is 0 Å². The number of nitrogens with zero attached hydrogens (tertiary/aromatic N) is 1. The van der Waals surface area contributed by atoms with Gasteiger partial charge in [0.05, 0.1) is 6.54 Å². The molecule has 1 aliphatic heterocycles. The molecule has 0 aromatic heterocycles. The van der Waals surface area contributed by atoms with Crippen LogP contribution in [0, 0.1) is 0 Å². The van der Waals surface area contributed by atoms with E-state index in [4.69, 9.17) is 5.73 Å². The molecule has 0 radical (unpaired) electrons. The summed E-state index contributed by atoms with van der Waals surface area (Å²) in [6, 6.07) is 0. The van der Waals surface area contributed by atoms with Gasteiger partial charge in [-0.15, -0.1) is 24.8 Å². The minimum absolute atomic E-state index is 0. The molecule has 3 N–H and O–H groups in total. The Kier molecular flexibility index (Phi) is 18.4. The molecule has 0 aromatic rings. The van der Waals surface area contributed by atoms with E-state index >= 15 is 0 Å². The fourth-order valence-corrected chi connectivity index (χ4v) is 2.55. The average molecular weight is 342 g/mol. The first-order valence-electron chi connectivity index (χ1n) is 7.98. The van der Waals surface area contributed by atoms with Crippen molar-refractivity contribution < 1.29 is 4.79 Å². The molecule has 1 fully saturated rings. The standard InChI is InChI=1S/C15H31N3O.2ClH/c16-9-7-5-3-1-2-4-6-8-15(19)14-18-12-10-17-11-13-18;;/h17H,1-14,16H2;2*1H. The smallest absolute Gasteiger partial charge is 0.146 e. The van der Waals surface area contributed by atoms with E-state index in [9.17, 15) is 4.79 Å². The largest absolute Gasteiger partial charge is 0.330 e. The lowest BCUT2D eigenvalue weighted by Crippen LogP contribution is -2.45. The number of ketones is 1. The molecule has 128 valence electrons. The van der Waals surface area contributed by atoms with Crippen LogP contribution < -0.4 is 11.1 Å². The van der Waals surface area contributed by atoms with Crippen molar-refractivity contribution in [1.29, 1.82) is 0 Å². The van der Waals surface area contributed by atoms with Crippen LogP contribution in [0.1, 0.15) is 51.4 Å². The Balaban J connectivity index is 0. The summed E-state index contributed by atoms with van der Waals surface area (Å²) in [7, 11) is 0. The first-order valence-corrected chi connectivity index (χ1v) is 7.98. The predicted octanol–water partition coefficient (Wildman–Crippen LogP) is 2.38. The van der Waals surface area contributed by atoms with E-state index in [1.165, 1.54) is 32.1 Å². The second-order valence-corrected chi connectivity index (χ2v) is 5.58. The van der Waals surface area contributed by atoms with Crippen molar-refractivity contribution in [3.63, 3.8) is 0 Å². The summed E-state index contributed by atoms with van der Waals surface area (Å²) in [6.45, 7) is 5.57. The predicted molar refractivity (Wildman–Crippen MR) is 94.8 cm³/mol. The van der Waals surface area contributed by atoms with Crippen molar-refractivity contribution in [3.05, 3.63) is 0 Å². The molecule has 0 saturated carbocycles. The summed E-state index contributed by atoms with van der Waals surface area (Å²) < 4.78 is 0. The summed E-state index contributed by atoms with van der Waals surface area (Å²) in [5.74, 6) is 0.421. The zero-order valence-corrected chi connectivity index (χ0v) is 14.8. The van der Waals surface area contributed by atoms with E-state index in [2.05, 4.69) is 10.2 Å².